The molecule has 1 amide bonds. The van der Waals surface area contributed by atoms with Gasteiger partial charge in [-0.2, -0.15) is 0 Å². The number of ether oxygens (including phenoxy) is 1. The van der Waals surface area contributed by atoms with Crippen LogP contribution in [0.25, 0.3) is 10.9 Å². The number of amides is 1. The maximum Gasteiger partial charge on any atom is 0.310 e. The largest absolute Gasteiger partial charge is 0.469 e. The molecule has 1 atom stereocenters. The predicted molar refractivity (Wildman–Crippen MR) is 90.4 cm³/mol. The van der Waals surface area contributed by atoms with Crippen LogP contribution in [0.2, 0.25) is 5.02 Å². The lowest BCUT2D eigenvalue weighted by atomic mass is 10.1. The molecule has 0 N–H and O–H groups in total. The third-order valence-corrected chi connectivity index (χ3v) is 4.11. The van der Waals surface area contributed by atoms with E-state index in [1.165, 1.54) is 7.11 Å². The van der Waals surface area contributed by atoms with E-state index in [4.69, 9.17) is 16.3 Å². The van der Waals surface area contributed by atoms with E-state index >= 15 is 0 Å². The minimum Gasteiger partial charge on any atom is -0.469 e. The van der Waals surface area contributed by atoms with Crippen molar-refractivity contribution in [2.75, 3.05) is 20.2 Å². The van der Waals surface area contributed by atoms with Crippen molar-refractivity contribution < 1.29 is 14.3 Å². The number of methoxy groups -OCH3 is 1. The average Bonchev–Trinajstić information content (AvgIpc) is 2.93. The number of nitrogens with zero attached hydrogens (tertiary/aromatic N) is 2. The number of carbonyl (C=O) groups excluding carboxylic acids is 2. The molecule has 1 unspecified atom stereocenters. The molecule has 0 bridgehead atoms. The molecule has 0 aliphatic heterocycles. The van der Waals surface area contributed by atoms with Gasteiger partial charge in [-0.3, -0.25) is 9.59 Å². The second-order valence-corrected chi connectivity index (χ2v) is 5.94. The SMILES string of the molecule is CCN(CC(C)C(=O)OC)C(=O)Cn1ccc2ccc(Cl)cc21. The summed E-state index contributed by atoms with van der Waals surface area (Å²) in [5, 5.41) is 1.67. The molecule has 1 aromatic carbocycles. The Morgan fingerprint density at radius 3 is 2.74 bits per heavy atom. The van der Waals surface area contributed by atoms with Gasteiger partial charge in [0.25, 0.3) is 0 Å². The Bertz CT molecular complexity index is 711. The molecule has 0 aliphatic carbocycles. The molecule has 2 rings (SSSR count). The summed E-state index contributed by atoms with van der Waals surface area (Å²) in [4.78, 5) is 25.7. The highest BCUT2D eigenvalue weighted by atomic mass is 35.5. The Hall–Kier alpha value is -2.01. The van der Waals surface area contributed by atoms with Gasteiger partial charge < -0.3 is 14.2 Å². The van der Waals surface area contributed by atoms with E-state index in [1.54, 1.807) is 11.8 Å². The fraction of sp³-hybridized carbons (Fsp3) is 0.412. The van der Waals surface area contributed by atoms with Crippen LogP contribution in [0.15, 0.2) is 30.5 Å². The smallest absolute Gasteiger partial charge is 0.310 e. The summed E-state index contributed by atoms with van der Waals surface area (Å²) in [7, 11) is 1.35. The van der Waals surface area contributed by atoms with Crippen molar-refractivity contribution in [2.24, 2.45) is 5.92 Å². The molecule has 1 heterocycles. The van der Waals surface area contributed by atoms with Crippen LogP contribution in [0, 0.1) is 5.92 Å². The summed E-state index contributed by atoms with van der Waals surface area (Å²) >= 11 is 6.03. The first-order valence-corrected chi connectivity index (χ1v) is 7.94. The van der Waals surface area contributed by atoms with Crippen LogP contribution in [0.3, 0.4) is 0 Å². The molecule has 2 aromatic rings. The lowest BCUT2D eigenvalue weighted by molar-refractivity contribution is -0.146. The van der Waals surface area contributed by atoms with Crippen molar-refractivity contribution in [2.45, 2.75) is 20.4 Å². The van der Waals surface area contributed by atoms with Gasteiger partial charge in [0.2, 0.25) is 5.91 Å². The highest BCUT2D eigenvalue weighted by Crippen LogP contribution is 2.20. The van der Waals surface area contributed by atoms with Crippen molar-refractivity contribution in [3.63, 3.8) is 0 Å². The number of hydrogen-bond donors (Lipinski definition) is 0. The van der Waals surface area contributed by atoms with Crippen molar-refractivity contribution in [1.82, 2.24) is 9.47 Å². The van der Waals surface area contributed by atoms with Crippen LogP contribution in [-0.4, -0.2) is 41.5 Å². The van der Waals surface area contributed by atoms with E-state index in [2.05, 4.69) is 0 Å². The van der Waals surface area contributed by atoms with Crippen LogP contribution in [0.5, 0.6) is 0 Å². The molecule has 0 fully saturated rings. The first kappa shape index (κ1) is 17.3. The van der Waals surface area contributed by atoms with E-state index in [9.17, 15) is 9.59 Å². The van der Waals surface area contributed by atoms with E-state index in [-0.39, 0.29) is 24.3 Å². The topological polar surface area (TPSA) is 51.5 Å². The van der Waals surface area contributed by atoms with Crippen molar-refractivity contribution >= 4 is 34.4 Å². The number of esters is 1. The number of halogens is 1. The maximum atomic E-state index is 12.5. The van der Waals surface area contributed by atoms with Crippen LogP contribution >= 0.6 is 11.6 Å². The van der Waals surface area contributed by atoms with Gasteiger partial charge in [-0.1, -0.05) is 24.6 Å². The van der Waals surface area contributed by atoms with Crippen LogP contribution in [0.4, 0.5) is 0 Å². The van der Waals surface area contributed by atoms with Gasteiger partial charge in [-0.05, 0) is 30.5 Å². The van der Waals surface area contributed by atoms with Gasteiger partial charge in [0.15, 0.2) is 0 Å². The molecule has 23 heavy (non-hydrogen) atoms. The van der Waals surface area contributed by atoms with Crippen molar-refractivity contribution in [1.29, 1.82) is 0 Å². The van der Waals surface area contributed by atoms with E-state index in [1.807, 2.05) is 42.0 Å². The first-order chi connectivity index (χ1) is 11.0. The van der Waals surface area contributed by atoms with Crippen molar-refractivity contribution in [3.05, 3.63) is 35.5 Å². The van der Waals surface area contributed by atoms with Crippen LogP contribution in [0.1, 0.15) is 13.8 Å². The molecular weight excluding hydrogens is 316 g/mol. The fourth-order valence-electron chi connectivity index (χ4n) is 2.55. The number of carbonyl (C=O) groups is 2. The zero-order valence-electron chi connectivity index (χ0n) is 13.6. The second-order valence-electron chi connectivity index (χ2n) is 5.50. The van der Waals surface area contributed by atoms with Gasteiger partial charge in [-0.25, -0.2) is 0 Å². The highest BCUT2D eigenvalue weighted by Gasteiger charge is 2.20. The summed E-state index contributed by atoms with van der Waals surface area (Å²) in [6, 6.07) is 7.55. The molecule has 0 radical (unpaired) electrons. The van der Waals surface area contributed by atoms with Gasteiger partial charge in [0.05, 0.1) is 13.0 Å². The Morgan fingerprint density at radius 1 is 1.35 bits per heavy atom. The van der Waals surface area contributed by atoms with E-state index in [0.29, 0.717) is 18.1 Å². The third-order valence-electron chi connectivity index (χ3n) is 3.87. The predicted octanol–water partition coefficient (Wildman–Crippen LogP) is 2.95. The average molecular weight is 337 g/mol. The van der Waals surface area contributed by atoms with Crippen LogP contribution in [-0.2, 0) is 20.9 Å². The molecule has 0 aliphatic rings. The van der Waals surface area contributed by atoms with Gasteiger partial charge in [0.1, 0.15) is 6.54 Å². The number of hydrogen-bond acceptors (Lipinski definition) is 3. The van der Waals surface area contributed by atoms with Gasteiger partial charge in [-0.15, -0.1) is 0 Å². The maximum absolute atomic E-state index is 12.5. The molecule has 1 aromatic heterocycles. The highest BCUT2D eigenvalue weighted by molar-refractivity contribution is 6.31. The summed E-state index contributed by atoms with van der Waals surface area (Å²) in [6.45, 7) is 4.76. The van der Waals surface area contributed by atoms with Crippen molar-refractivity contribution in [3.8, 4) is 0 Å². The van der Waals surface area contributed by atoms with E-state index < -0.39 is 0 Å². The van der Waals surface area contributed by atoms with Crippen LogP contribution < -0.4 is 0 Å². The Kier molecular flexibility index (Phi) is 5.66. The Morgan fingerprint density at radius 2 is 2.09 bits per heavy atom. The molecule has 5 nitrogen and oxygen atoms in total. The van der Waals surface area contributed by atoms with Gasteiger partial charge >= 0.3 is 5.97 Å². The fourth-order valence-corrected chi connectivity index (χ4v) is 2.72. The number of fused-ring (bicyclic) bond motifs is 1. The Labute approximate surface area is 140 Å². The van der Waals surface area contributed by atoms with E-state index in [0.717, 1.165) is 10.9 Å². The number of aromatic nitrogens is 1. The normalized spacial score (nSPS) is 12.2. The molecular formula is C17H21ClN2O3. The number of benzene rings is 1. The lowest BCUT2D eigenvalue weighted by Gasteiger charge is -2.24. The molecule has 0 spiro atoms. The third kappa shape index (κ3) is 4.05. The van der Waals surface area contributed by atoms with Gasteiger partial charge in [0, 0.05) is 29.8 Å². The number of rotatable bonds is 6. The summed E-state index contributed by atoms with van der Waals surface area (Å²) in [5.41, 5.74) is 0.919. The summed E-state index contributed by atoms with van der Waals surface area (Å²) in [5.74, 6) is -0.699. The summed E-state index contributed by atoms with van der Waals surface area (Å²) in [6.07, 6.45) is 1.87. The zero-order valence-corrected chi connectivity index (χ0v) is 14.3. The second kappa shape index (κ2) is 7.51. The minimum atomic E-state index is -0.347. The molecule has 0 saturated carbocycles. The monoisotopic (exact) mass is 336 g/mol. The molecule has 6 heteroatoms. The number of likely N-dealkylation sites (N-methyl/N-ethyl adjacent to an activating group) is 1. The molecule has 124 valence electrons. The standard InChI is InChI=1S/C17H21ClN2O3/c1-4-19(10-12(2)17(22)23-3)16(21)11-20-8-7-13-5-6-14(18)9-15(13)20/h5-9,12H,4,10-11H2,1-3H3. The summed E-state index contributed by atoms with van der Waals surface area (Å²) < 4.78 is 6.59. The molecule has 0 saturated heterocycles. The zero-order chi connectivity index (χ0) is 17.0. The first-order valence-electron chi connectivity index (χ1n) is 7.56. The lowest BCUT2D eigenvalue weighted by Crippen LogP contribution is -2.38. The minimum absolute atomic E-state index is 0.0410. The Balaban J connectivity index is 2.12. The quantitative estimate of drug-likeness (QED) is 0.762.